The molecule has 0 aromatic heterocycles. The monoisotopic (exact) mass is 322 g/mol. The van der Waals surface area contributed by atoms with Crippen LogP contribution in [0.2, 0.25) is 0 Å². The molecule has 1 saturated carbocycles. The number of nitrogens with one attached hydrogen (secondary N) is 1. The predicted molar refractivity (Wildman–Crippen MR) is 90.8 cm³/mol. The van der Waals surface area contributed by atoms with Crippen molar-refractivity contribution in [3.8, 4) is 0 Å². The van der Waals surface area contributed by atoms with Gasteiger partial charge in [-0.25, -0.2) is 4.79 Å². The van der Waals surface area contributed by atoms with Crippen LogP contribution in [0.4, 0.5) is 4.79 Å². The van der Waals surface area contributed by atoms with E-state index < -0.39 is 0 Å². The van der Waals surface area contributed by atoms with Crippen LogP contribution in [0.25, 0.3) is 0 Å². The molecule has 0 atom stereocenters. The summed E-state index contributed by atoms with van der Waals surface area (Å²) >= 11 is 0. The number of rotatable bonds is 2. The van der Waals surface area contributed by atoms with Gasteiger partial charge in [-0.2, -0.15) is 0 Å². The van der Waals surface area contributed by atoms with Crippen LogP contribution in [-0.4, -0.2) is 75.2 Å². The largest absolute Gasteiger partial charge is 0.453 e. The Balaban J connectivity index is 1.45. The Morgan fingerprint density at radius 1 is 1.26 bits per heavy atom. The van der Waals surface area contributed by atoms with Crippen molar-refractivity contribution in [1.29, 1.82) is 0 Å². The SMILES string of the molecule is C/N=C(\NC)C1CCN(C2CC3(CCN(C(=O)OC)C3)C2)CC1. The number of piperidine rings is 1. The van der Waals surface area contributed by atoms with Gasteiger partial charge in [0, 0.05) is 39.1 Å². The fourth-order valence-electron chi connectivity index (χ4n) is 4.79. The molecule has 0 unspecified atom stereocenters. The summed E-state index contributed by atoms with van der Waals surface area (Å²) < 4.78 is 4.85. The summed E-state index contributed by atoms with van der Waals surface area (Å²) in [5.41, 5.74) is 0.372. The number of hydrogen-bond acceptors (Lipinski definition) is 4. The summed E-state index contributed by atoms with van der Waals surface area (Å²) in [4.78, 5) is 20.6. The second kappa shape index (κ2) is 6.67. The fraction of sp³-hybridized carbons (Fsp3) is 0.882. The summed E-state index contributed by atoms with van der Waals surface area (Å²) in [6, 6.07) is 0.713. The molecule has 0 aromatic rings. The Morgan fingerprint density at radius 3 is 2.52 bits per heavy atom. The van der Waals surface area contributed by atoms with Gasteiger partial charge in [-0.15, -0.1) is 0 Å². The number of hydrogen-bond donors (Lipinski definition) is 1. The minimum atomic E-state index is -0.162. The number of methoxy groups -OCH3 is 1. The number of nitrogens with zero attached hydrogens (tertiary/aromatic N) is 3. The number of amidine groups is 1. The molecule has 6 nitrogen and oxygen atoms in total. The van der Waals surface area contributed by atoms with E-state index >= 15 is 0 Å². The van der Waals surface area contributed by atoms with Gasteiger partial charge >= 0.3 is 6.09 Å². The quantitative estimate of drug-likeness (QED) is 0.619. The molecule has 0 aromatic carbocycles. The lowest BCUT2D eigenvalue weighted by Crippen LogP contribution is -2.54. The van der Waals surface area contributed by atoms with Crippen molar-refractivity contribution in [1.82, 2.24) is 15.1 Å². The van der Waals surface area contributed by atoms with E-state index in [4.69, 9.17) is 4.74 Å². The van der Waals surface area contributed by atoms with Crippen LogP contribution in [0.5, 0.6) is 0 Å². The molecule has 1 aliphatic carbocycles. The maximum atomic E-state index is 11.7. The topological polar surface area (TPSA) is 57.2 Å². The minimum Gasteiger partial charge on any atom is -0.453 e. The first kappa shape index (κ1) is 16.6. The van der Waals surface area contributed by atoms with Gasteiger partial charge in [0.2, 0.25) is 0 Å². The van der Waals surface area contributed by atoms with Crippen LogP contribution in [0.3, 0.4) is 0 Å². The van der Waals surface area contributed by atoms with Crippen LogP contribution < -0.4 is 5.32 Å². The zero-order valence-corrected chi connectivity index (χ0v) is 14.7. The Morgan fingerprint density at radius 2 is 1.96 bits per heavy atom. The highest BCUT2D eigenvalue weighted by Gasteiger charge is 2.51. The van der Waals surface area contributed by atoms with Crippen molar-refractivity contribution >= 4 is 11.9 Å². The highest BCUT2D eigenvalue weighted by Crippen LogP contribution is 2.50. The maximum Gasteiger partial charge on any atom is 0.409 e. The first-order chi connectivity index (χ1) is 11.1. The van der Waals surface area contributed by atoms with Crippen LogP contribution in [0.1, 0.15) is 32.1 Å². The average molecular weight is 322 g/mol. The Bertz CT molecular complexity index is 465. The van der Waals surface area contributed by atoms with E-state index in [1.165, 1.54) is 45.9 Å². The number of amides is 1. The van der Waals surface area contributed by atoms with E-state index in [1.54, 1.807) is 0 Å². The molecule has 23 heavy (non-hydrogen) atoms. The Hall–Kier alpha value is -1.30. The zero-order chi connectivity index (χ0) is 16.4. The molecule has 130 valence electrons. The number of ether oxygens (including phenoxy) is 1. The number of aliphatic imine (C=N–C) groups is 1. The standard InChI is InChI=1S/C17H30N4O2/c1-18-15(19-2)13-4-7-20(8-5-13)14-10-17(11-14)6-9-21(12-17)16(22)23-3/h13-14H,4-12H2,1-3H3,(H,18,19). The van der Waals surface area contributed by atoms with Crippen LogP contribution in [0, 0.1) is 11.3 Å². The first-order valence-corrected chi connectivity index (χ1v) is 8.82. The van der Waals surface area contributed by atoms with Crippen molar-refractivity contribution < 1.29 is 9.53 Å². The molecule has 1 spiro atoms. The van der Waals surface area contributed by atoms with E-state index in [0.717, 1.165) is 25.3 Å². The fourth-order valence-corrected chi connectivity index (χ4v) is 4.79. The lowest BCUT2D eigenvalue weighted by atomic mass is 9.64. The third-order valence-electron chi connectivity index (χ3n) is 6.14. The molecule has 2 aliphatic heterocycles. The molecule has 0 radical (unpaired) electrons. The molecular weight excluding hydrogens is 292 g/mol. The summed E-state index contributed by atoms with van der Waals surface area (Å²) in [6.07, 6.45) is 5.86. The molecule has 2 saturated heterocycles. The molecule has 3 rings (SSSR count). The zero-order valence-electron chi connectivity index (χ0n) is 14.7. The summed E-state index contributed by atoms with van der Waals surface area (Å²) in [7, 11) is 5.32. The molecule has 3 aliphatic rings. The predicted octanol–water partition coefficient (Wildman–Crippen LogP) is 1.57. The minimum absolute atomic E-state index is 0.162. The summed E-state index contributed by atoms with van der Waals surface area (Å²) in [5, 5.41) is 3.24. The lowest BCUT2D eigenvalue weighted by molar-refractivity contribution is -0.00512. The lowest BCUT2D eigenvalue weighted by Gasteiger charge is -2.51. The second-order valence-corrected chi connectivity index (χ2v) is 7.37. The van der Waals surface area contributed by atoms with Crippen molar-refractivity contribution in [2.45, 2.75) is 38.1 Å². The Labute approximate surface area is 139 Å². The maximum absolute atomic E-state index is 11.7. The number of likely N-dealkylation sites (tertiary alicyclic amines) is 2. The van der Waals surface area contributed by atoms with Gasteiger partial charge < -0.3 is 19.9 Å². The van der Waals surface area contributed by atoms with E-state index in [-0.39, 0.29) is 6.09 Å². The van der Waals surface area contributed by atoms with Gasteiger partial charge in [-0.1, -0.05) is 0 Å². The average Bonchev–Trinajstić information content (AvgIpc) is 3.00. The van der Waals surface area contributed by atoms with Gasteiger partial charge in [-0.3, -0.25) is 4.99 Å². The molecule has 1 amide bonds. The van der Waals surface area contributed by atoms with Crippen molar-refractivity contribution in [2.24, 2.45) is 16.3 Å². The molecular formula is C17H30N4O2. The van der Waals surface area contributed by atoms with Crippen LogP contribution in [-0.2, 0) is 4.74 Å². The van der Waals surface area contributed by atoms with E-state index in [9.17, 15) is 4.79 Å². The molecule has 0 bridgehead atoms. The smallest absolute Gasteiger partial charge is 0.409 e. The molecule has 1 N–H and O–H groups in total. The van der Waals surface area contributed by atoms with Crippen LogP contribution >= 0.6 is 0 Å². The van der Waals surface area contributed by atoms with Gasteiger partial charge in [0.05, 0.1) is 12.9 Å². The van der Waals surface area contributed by atoms with Gasteiger partial charge in [0.25, 0.3) is 0 Å². The Kier molecular flexibility index (Phi) is 4.80. The van der Waals surface area contributed by atoms with Crippen molar-refractivity contribution in [3.63, 3.8) is 0 Å². The van der Waals surface area contributed by atoms with E-state index in [0.29, 0.717) is 17.4 Å². The van der Waals surface area contributed by atoms with Gasteiger partial charge in [0.15, 0.2) is 0 Å². The van der Waals surface area contributed by atoms with E-state index in [1.807, 2.05) is 19.0 Å². The second-order valence-electron chi connectivity index (χ2n) is 7.37. The summed E-state index contributed by atoms with van der Waals surface area (Å²) in [5.74, 6) is 1.75. The van der Waals surface area contributed by atoms with E-state index in [2.05, 4.69) is 15.2 Å². The van der Waals surface area contributed by atoms with Gasteiger partial charge in [0.1, 0.15) is 0 Å². The molecule has 6 heteroatoms. The van der Waals surface area contributed by atoms with Crippen molar-refractivity contribution in [2.75, 3.05) is 47.4 Å². The number of carbonyl (C=O) groups is 1. The molecule has 3 fully saturated rings. The third kappa shape index (κ3) is 3.18. The highest BCUT2D eigenvalue weighted by molar-refractivity contribution is 5.84. The van der Waals surface area contributed by atoms with Crippen LogP contribution in [0.15, 0.2) is 4.99 Å². The normalized spacial score (nSPS) is 32.9. The highest BCUT2D eigenvalue weighted by atomic mass is 16.5. The third-order valence-corrected chi connectivity index (χ3v) is 6.14. The number of carbonyl (C=O) groups excluding carboxylic acids is 1. The first-order valence-electron chi connectivity index (χ1n) is 8.82. The molecule has 2 heterocycles. The summed E-state index contributed by atoms with van der Waals surface area (Å²) in [6.45, 7) is 4.10. The van der Waals surface area contributed by atoms with Crippen molar-refractivity contribution in [3.05, 3.63) is 0 Å². The van der Waals surface area contributed by atoms with Gasteiger partial charge in [-0.05, 0) is 50.6 Å².